The molecule has 0 saturated heterocycles. The zero-order valence-corrected chi connectivity index (χ0v) is 11.4. The van der Waals surface area contributed by atoms with Crippen molar-refractivity contribution in [1.29, 1.82) is 0 Å². The first-order valence-corrected chi connectivity index (χ1v) is 6.49. The van der Waals surface area contributed by atoms with Gasteiger partial charge in [0.25, 0.3) is 0 Å². The van der Waals surface area contributed by atoms with Crippen molar-refractivity contribution in [3.8, 4) is 5.75 Å². The van der Waals surface area contributed by atoms with E-state index in [-0.39, 0.29) is 11.0 Å². The van der Waals surface area contributed by atoms with Gasteiger partial charge in [0.05, 0.1) is 12.5 Å². The monoisotopic (exact) mass is 279 g/mol. The summed E-state index contributed by atoms with van der Waals surface area (Å²) in [6.45, 7) is 0. The van der Waals surface area contributed by atoms with Gasteiger partial charge in [0.2, 0.25) is 11.0 Å². The number of rotatable bonds is 3. The van der Waals surface area contributed by atoms with Crippen LogP contribution in [-0.2, 0) is 0 Å². The van der Waals surface area contributed by atoms with E-state index >= 15 is 0 Å². The Balaban J connectivity index is 2.02. The summed E-state index contributed by atoms with van der Waals surface area (Å²) in [5, 5.41) is 4.65. The normalized spacial score (nSPS) is 11.1. The molecule has 104 valence electrons. The summed E-state index contributed by atoms with van der Waals surface area (Å²) in [6, 6.07) is 14.4. The van der Waals surface area contributed by atoms with E-state index in [1.165, 1.54) is 6.07 Å². The van der Waals surface area contributed by atoms with Crippen molar-refractivity contribution < 1.29 is 9.26 Å². The first kappa shape index (κ1) is 13.1. The quantitative estimate of drug-likeness (QED) is 0.737. The van der Waals surface area contributed by atoms with Gasteiger partial charge in [0.15, 0.2) is 0 Å². The maximum atomic E-state index is 11.8. The fourth-order valence-corrected chi connectivity index (χ4v) is 2.06. The average Bonchev–Trinajstić information content (AvgIpc) is 2.83. The molecule has 4 nitrogen and oxygen atoms in total. The third kappa shape index (κ3) is 2.69. The van der Waals surface area contributed by atoms with Crippen LogP contribution in [0.5, 0.6) is 5.75 Å². The van der Waals surface area contributed by atoms with E-state index in [0.29, 0.717) is 11.1 Å². The smallest absolute Gasteiger partial charge is 0.224 e. The lowest BCUT2D eigenvalue weighted by Crippen LogP contribution is -1.91. The van der Waals surface area contributed by atoms with Gasteiger partial charge < -0.3 is 9.26 Å². The van der Waals surface area contributed by atoms with E-state index in [9.17, 15) is 4.79 Å². The van der Waals surface area contributed by atoms with Gasteiger partial charge in [-0.1, -0.05) is 35.5 Å². The van der Waals surface area contributed by atoms with Gasteiger partial charge in [-0.25, -0.2) is 0 Å². The highest BCUT2D eigenvalue weighted by Crippen LogP contribution is 2.18. The Morgan fingerprint density at radius 2 is 1.95 bits per heavy atom. The van der Waals surface area contributed by atoms with Crippen LogP contribution in [0.3, 0.4) is 0 Å². The highest BCUT2D eigenvalue weighted by molar-refractivity contribution is 5.87. The molecule has 0 unspecified atom stereocenters. The molecular weight excluding hydrogens is 266 g/mol. The Kier molecular flexibility index (Phi) is 3.51. The van der Waals surface area contributed by atoms with Crippen molar-refractivity contribution in [3.63, 3.8) is 0 Å². The molecule has 0 N–H and O–H groups in total. The molecule has 0 atom stereocenters. The molecule has 0 radical (unpaired) electrons. The molecule has 4 heteroatoms. The molecule has 1 heterocycles. The molecular formula is C17H13NO3. The van der Waals surface area contributed by atoms with Crippen LogP contribution in [-0.4, -0.2) is 12.3 Å². The van der Waals surface area contributed by atoms with Crippen LogP contribution in [0.25, 0.3) is 23.1 Å². The molecule has 0 saturated carbocycles. The summed E-state index contributed by atoms with van der Waals surface area (Å²) >= 11 is 0. The molecule has 3 rings (SSSR count). The second kappa shape index (κ2) is 5.63. The highest BCUT2D eigenvalue weighted by atomic mass is 16.5. The first-order valence-electron chi connectivity index (χ1n) is 6.49. The van der Waals surface area contributed by atoms with Gasteiger partial charge in [-0.3, -0.25) is 4.79 Å². The standard InChI is InChI=1S/C17H13NO3/c1-20-13-6-4-5-12(11-13)9-10-15-14-7-2-3-8-16(19)17(14)21-18-15/h2-11H,1H3/b10-9+. The van der Waals surface area contributed by atoms with E-state index in [2.05, 4.69) is 5.16 Å². The SMILES string of the molecule is COc1cccc(/C=C/c2noc3c(=O)ccccc23)c1. The van der Waals surface area contributed by atoms with Crippen LogP contribution in [0.2, 0.25) is 0 Å². The average molecular weight is 279 g/mol. The Morgan fingerprint density at radius 1 is 1.10 bits per heavy atom. The van der Waals surface area contributed by atoms with Gasteiger partial charge in [-0.15, -0.1) is 0 Å². The molecule has 3 aromatic rings. The van der Waals surface area contributed by atoms with E-state index in [1.807, 2.05) is 42.5 Å². The number of nitrogens with zero attached hydrogens (tertiary/aromatic N) is 1. The van der Waals surface area contributed by atoms with Crippen molar-refractivity contribution in [2.45, 2.75) is 0 Å². The minimum atomic E-state index is -0.177. The van der Waals surface area contributed by atoms with Crippen molar-refractivity contribution in [3.05, 3.63) is 70.0 Å². The Morgan fingerprint density at radius 3 is 2.81 bits per heavy atom. The molecule has 0 aliphatic carbocycles. The summed E-state index contributed by atoms with van der Waals surface area (Å²) in [7, 11) is 1.63. The number of methoxy groups -OCH3 is 1. The summed E-state index contributed by atoms with van der Waals surface area (Å²) in [4.78, 5) is 11.8. The lowest BCUT2D eigenvalue weighted by Gasteiger charge is -1.99. The predicted molar refractivity (Wildman–Crippen MR) is 82.2 cm³/mol. The maximum absolute atomic E-state index is 11.8. The minimum absolute atomic E-state index is 0.177. The molecule has 0 fully saturated rings. The third-order valence-electron chi connectivity index (χ3n) is 3.13. The van der Waals surface area contributed by atoms with Crippen molar-refractivity contribution >= 4 is 23.1 Å². The van der Waals surface area contributed by atoms with E-state index < -0.39 is 0 Å². The predicted octanol–water partition coefficient (Wildman–Crippen LogP) is 3.37. The number of benzene rings is 1. The van der Waals surface area contributed by atoms with Crippen LogP contribution in [0.1, 0.15) is 11.3 Å². The van der Waals surface area contributed by atoms with Crippen LogP contribution >= 0.6 is 0 Å². The van der Waals surface area contributed by atoms with Crippen LogP contribution in [0, 0.1) is 0 Å². The number of hydrogen-bond acceptors (Lipinski definition) is 4. The largest absolute Gasteiger partial charge is 0.497 e. The topological polar surface area (TPSA) is 52.3 Å². The Bertz CT molecular complexity index is 865. The lowest BCUT2D eigenvalue weighted by molar-refractivity contribution is 0.414. The zero-order valence-electron chi connectivity index (χ0n) is 11.4. The zero-order chi connectivity index (χ0) is 14.7. The molecule has 0 amide bonds. The van der Waals surface area contributed by atoms with Gasteiger partial charge >= 0.3 is 0 Å². The molecule has 0 bridgehead atoms. The summed E-state index contributed by atoms with van der Waals surface area (Å²) in [6.07, 6.45) is 3.72. The van der Waals surface area contributed by atoms with Gasteiger partial charge in [0, 0.05) is 0 Å². The Labute approximate surface area is 121 Å². The molecule has 2 aromatic carbocycles. The molecule has 0 aliphatic heterocycles. The number of ether oxygens (including phenoxy) is 1. The van der Waals surface area contributed by atoms with E-state index in [4.69, 9.17) is 9.26 Å². The van der Waals surface area contributed by atoms with Crippen LogP contribution < -0.4 is 10.2 Å². The molecule has 0 spiro atoms. The second-order valence-corrected chi connectivity index (χ2v) is 4.50. The van der Waals surface area contributed by atoms with Crippen molar-refractivity contribution in [2.75, 3.05) is 7.11 Å². The Hall–Kier alpha value is -2.88. The van der Waals surface area contributed by atoms with Crippen LogP contribution in [0.4, 0.5) is 0 Å². The van der Waals surface area contributed by atoms with Gasteiger partial charge in [-0.2, -0.15) is 0 Å². The fourth-order valence-electron chi connectivity index (χ4n) is 2.06. The summed E-state index contributed by atoms with van der Waals surface area (Å²) in [5.41, 5.74) is 1.70. The van der Waals surface area contributed by atoms with E-state index in [1.54, 1.807) is 19.2 Å². The summed E-state index contributed by atoms with van der Waals surface area (Å²) in [5.74, 6) is 0.787. The third-order valence-corrected chi connectivity index (χ3v) is 3.13. The fraction of sp³-hybridized carbons (Fsp3) is 0.0588. The maximum Gasteiger partial charge on any atom is 0.224 e. The lowest BCUT2D eigenvalue weighted by atomic mass is 10.1. The van der Waals surface area contributed by atoms with Crippen LogP contribution in [0.15, 0.2) is 57.8 Å². The first-order chi connectivity index (χ1) is 10.3. The van der Waals surface area contributed by atoms with E-state index in [0.717, 1.165) is 11.3 Å². The van der Waals surface area contributed by atoms with Gasteiger partial charge in [-0.05, 0) is 35.9 Å². The van der Waals surface area contributed by atoms with Gasteiger partial charge in [0.1, 0.15) is 11.4 Å². The molecule has 1 aromatic heterocycles. The highest BCUT2D eigenvalue weighted by Gasteiger charge is 2.06. The van der Waals surface area contributed by atoms with Crippen molar-refractivity contribution in [2.24, 2.45) is 0 Å². The van der Waals surface area contributed by atoms with Crippen molar-refractivity contribution in [1.82, 2.24) is 5.16 Å². The summed E-state index contributed by atoms with van der Waals surface area (Å²) < 4.78 is 10.3. The number of hydrogen-bond donors (Lipinski definition) is 0. The second-order valence-electron chi connectivity index (χ2n) is 4.50. The number of fused-ring (bicyclic) bond motifs is 1. The molecule has 0 aliphatic rings. The minimum Gasteiger partial charge on any atom is -0.497 e. The molecule has 21 heavy (non-hydrogen) atoms. The number of aromatic nitrogens is 1.